The Morgan fingerprint density at radius 3 is 2.84 bits per heavy atom. The third kappa shape index (κ3) is 3.56. The lowest BCUT2D eigenvalue weighted by atomic mass is 10.1. The summed E-state index contributed by atoms with van der Waals surface area (Å²) in [6.45, 7) is 0.520. The molecule has 0 atom stereocenters. The first-order chi connectivity index (χ1) is 12.1. The van der Waals surface area contributed by atoms with Gasteiger partial charge in [-0.25, -0.2) is 9.37 Å². The highest BCUT2D eigenvalue weighted by Crippen LogP contribution is 2.24. The highest BCUT2D eigenvalue weighted by atomic mass is 19.1. The van der Waals surface area contributed by atoms with Crippen LogP contribution >= 0.6 is 0 Å². The number of halogens is 1. The summed E-state index contributed by atoms with van der Waals surface area (Å²) < 4.78 is 24.2. The molecule has 3 aromatic rings. The molecule has 8 nitrogen and oxygen atoms in total. The van der Waals surface area contributed by atoms with Gasteiger partial charge >= 0.3 is 0 Å². The van der Waals surface area contributed by atoms with Gasteiger partial charge in [0.05, 0.1) is 6.61 Å². The highest BCUT2D eigenvalue weighted by molar-refractivity contribution is 5.88. The van der Waals surface area contributed by atoms with Crippen LogP contribution in [0.5, 0.6) is 0 Å². The van der Waals surface area contributed by atoms with E-state index in [9.17, 15) is 14.0 Å². The number of rotatable bonds is 6. The van der Waals surface area contributed by atoms with Crippen molar-refractivity contribution in [1.82, 2.24) is 20.0 Å². The van der Waals surface area contributed by atoms with Crippen molar-refractivity contribution in [2.24, 2.45) is 0 Å². The predicted octanol–water partition coefficient (Wildman–Crippen LogP) is 0.953. The first-order valence-corrected chi connectivity index (χ1v) is 7.46. The second kappa shape index (κ2) is 7.22. The summed E-state index contributed by atoms with van der Waals surface area (Å²) in [7, 11) is 1.53. The molecule has 0 unspecified atom stereocenters. The Kier molecular flexibility index (Phi) is 4.85. The van der Waals surface area contributed by atoms with Gasteiger partial charge in [-0.3, -0.25) is 14.2 Å². The number of benzene rings is 1. The number of carbonyl (C=O) groups excluding carboxylic acids is 1. The number of nitrogens with zero attached hydrogens (tertiary/aromatic N) is 3. The van der Waals surface area contributed by atoms with Crippen LogP contribution in [-0.4, -0.2) is 40.9 Å². The summed E-state index contributed by atoms with van der Waals surface area (Å²) in [6.07, 6.45) is 1.22. The molecule has 0 spiro atoms. The van der Waals surface area contributed by atoms with Crippen molar-refractivity contribution in [3.05, 3.63) is 46.8 Å². The molecule has 1 N–H and O–H groups in total. The SMILES string of the molecule is COCCNC(=O)Cn1cnc2onc(-c3ccc(F)cc3)c2c1=O. The Labute approximate surface area is 141 Å². The molecule has 0 radical (unpaired) electrons. The van der Waals surface area contributed by atoms with Gasteiger partial charge in [-0.1, -0.05) is 5.16 Å². The van der Waals surface area contributed by atoms with Crippen LogP contribution in [0.25, 0.3) is 22.4 Å². The van der Waals surface area contributed by atoms with E-state index in [1.807, 2.05) is 0 Å². The molecule has 9 heteroatoms. The van der Waals surface area contributed by atoms with E-state index in [0.29, 0.717) is 18.7 Å². The summed E-state index contributed by atoms with van der Waals surface area (Å²) in [6, 6.07) is 5.49. The van der Waals surface area contributed by atoms with Gasteiger partial charge in [0.1, 0.15) is 29.8 Å². The maximum absolute atomic E-state index is 13.1. The van der Waals surface area contributed by atoms with Crippen LogP contribution in [0.1, 0.15) is 0 Å². The van der Waals surface area contributed by atoms with E-state index in [-0.39, 0.29) is 29.2 Å². The van der Waals surface area contributed by atoms with Gasteiger partial charge in [-0.05, 0) is 24.3 Å². The van der Waals surface area contributed by atoms with Gasteiger partial charge in [-0.15, -0.1) is 0 Å². The van der Waals surface area contributed by atoms with Crippen molar-refractivity contribution in [2.75, 3.05) is 20.3 Å². The molecule has 1 amide bonds. The van der Waals surface area contributed by atoms with E-state index >= 15 is 0 Å². The van der Waals surface area contributed by atoms with Gasteiger partial charge in [0.25, 0.3) is 11.3 Å². The quantitative estimate of drug-likeness (QED) is 0.667. The zero-order chi connectivity index (χ0) is 17.8. The number of carbonyl (C=O) groups is 1. The molecule has 0 aliphatic carbocycles. The van der Waals surface area contributed by atoms with Crippen molar-refractivity contribution in [3.8, 4) is 11.3 Å². The van der Waals surface area contributed by atoms with Crippen molar-refractivity contribution in [2.45, 2.75) is 6.54 Å². The number of fused-ring (bicyclic) bond motifs is 1. The maximum Gasteiger partial charge on any atom is 0.267 e. The van der Waals surface area contributed by atoms with Crippen LogP contribution in [0.15, 0.2) is 39.9 Å². The van der Waals surface area contributed by atoms with Gasteiger partial charge in [0.2, 0.25) is 5.91 Å². The summed E-state index contributed by atoms with van der Waals surface area (Å²) >= 11 is 0. The Balaban J connectivity index is 1.93. The molecule has 2 heterocycles. The smallest absolute Gasteiger partial charge is 0.267 e. The number of amides is 1. The fourth-order valence-electron chi connectivity index (χ4n) is 2.30. The minimum Gasteiger partial charge on any atom is -0.383 e. The van der Waals surface area contributed by atoms with Crippen molar-refractivity contribution < 1.29 is 18.4 Å². The third-order valence-electron chi connectivity index (χ3n) is 3.52. The van der Waals surface area contributed by atoms with E-state index < -0.39 is 11.4 Å². The van der Waals surface area contributed by atoms with Gasteiger partial charge in [-0.2, -0.15) is 0 Å². The van der Waals surface area contributed by atoms with E-state index in [4.69, 9.17) is 9.26 Å². The van der Waals surface area contributed by atoms with Crippen molar-refractivity contribution >= 4 is 17.0 Å². The molecule has 0 aliphatic heterocycles. The minimum absolute atomic E-state index is 0.0559. The number of nitrogens with one attached hydrogen (secondary N) is 1. The molecule has 3 rings (SSSR count). The number of aromatic nitrogens is 3. The number of hydrogen-bond donors (Lipinski definition) is 1. The molecule has 130 valence electrons. The van der Waals surface area contributed by atoms with E-state index in [1.54, 1.807) is 0 Å². The Morgan fingerprint density at radius 2 is 2.12 bits per heavy atom. The zero-order valence-electron chi connectivity index (χ0n) is 13.4. The summed E-state index contributed by atoms with van der Waals surface area (Å²) in [5, 5.41) is 6.61. The molecule has 1 aromatic carbocycles. The van der Waals surface area contributed by atoms with E-state index in [0.717, 1.165) is 4.57 Å². The first-order valence-electron chi connectivity index (χ1n) is 7.46. The number of methoxy groups -OCH3 is 1. The molecule has 25 heavy (non-hydrogen) atoms. The average Bonchev–Trinajstić information content (AvgIpc) is 3.03. The summed E-state index contributed by atoms with van der Waals surface area (Å²) in [5.74, 6) is -0.750. The van der Waals surface area contributed by atoms with Crippen LogP contribution < -0.4 is 10.9 Å². The van der Waals surface area contributed by atoms with E-state index in [1.165, 1.54) is 37.7 Å². The Bertz CT molecular complexity index is 949. The Hall–Kier alpha value is -3.07. The average molecular weight is 346 g/mol. The largest absolute Gasteiger partial charge is 0.383 e. The van der Waals surface area contributed by atoms with Crippen LogP contribution in [0.4, 0.5) is 4.39 Å². The summed E-state index contributed by atoms with van der Waals surface area (Å²) in [4.78, 5) is 28.5. The Morgan fingerprint density at radius 1 is 1.36 bits per heavy atom. The first kappa shape index (κ1) is 16.8. The molecule has 2 aromatic heterocycles. The van der Waals surface area contributed by atoms with Gasteiger partial charge in [0.15, 0.2) is 0 Å². The lowest BCUT2D eigenvalue weighted by Gasteiger charge is -2.06. The molecular weight excluding hydrogens is 331 g/mol. The highest BCUT2D eigenvalue weighted by Gasteiger charge is 2.17. The summed E-state index contributed by atoms with van der Waals surface area (Å²) in [5.41, 5.74) is 0.357. The molecule has 0 bridgehead atoms. The molecule has 0 saturated carbocycles. The topological polar surface area (TPSA) is 99.2 Å². The fraction of sp³-hybridized carbons (Fsp3) is 0.250. The van der Waals surface area contributed by atoms with Crippen LogP contribution in [0, 0.1) is 5.82 Å². The van der Waals surface area contributed by atoms with E-state index in [2.05, 4.69) is 15.5 Å². The second-order valence-electron chi connectivity index (χ2n) is 5.24. The minimum atomic E-state index is -0.465. The molecule has 0 aliphatic rings. The molecule has 0 fully saturated rings. The molecule has 0 saturated heterocycles. The van der Waals surface area contributed by atoms with Gasteiger partial charge in [0, 0.05) is 19.2 Å². The van der Waals surface area contributed by atoms with Crippen LogP contribution in [0.2, 0.25) is 0 Å². The lowest BCUT2D eigenvalue weighted by molar-refractivity contribution is -0.121. The van der Waals surface area contributed by atoms with Gasteiger partial charge < -0.3 is 14.6 Å². The normalized spacial score (nSPS) is 11.0. The lowest BCUT2D eigenvalue weighted by Crippen LogP contribution is -2.34. The number of hydrogen-bond acceptors (Lipinski definition) is 6. The fourth-order valence-corrected chi connectivity index (χ4v) is 2.30. The predicted molar refractivity (Wildman–Crippen MR) is 86.3 cm³/mol. The monoisotopic (exact) mass is 346 g/mol. The number of ether oxygens (including phenoxy) is 1. The zero-order valence-corrected chi connectivity index (χ0v) is 13.4. The maximum atomic E-state index is 13.1. The van der Waals surface area contributed by atoms with Crippen molar-refractivity contribution in [1.29, 1.82) is 0 Å². The van der Waals surface area contributed by atoms with Crippen LogP contribution in [0.3, 0.4) is 0 Å². The second-order valence-corrected chi connectivity index (χ2v) is 5.24. The van der Waals surface area contributed by atoms with Crippen LogP contribution in [-0.2, 0) is 16.1 Å². The van der Waals surface area contributed by atoms with Crippen molar-refractivity contribution in [3.63, 3.8) is 0 Å². The standard InChI is InChI=1S/C16H15FN4O4/c1-24-7-6-18-12(22)8-21-9-19-15-13(16(21)23)14(20-25-15)10-2-4-11(17)5-3-10/h2-5,9H,6-8H2,1H3,(H,18,22). The molecular formula is C16H15FN4O4. The third-order valence-corrected chi connectivity index (χ3v) is 3.52.